The summed E-state index contributed by atoms with van der Waals surface area (Å²) >= 11 is 1.50. The minimum atomic E-state index is -0.385. The Kier molecular flexibility index (Phi) is 8.99. The molecule has 3 N–H and O–H groups in total. The fraction of sp³-hybridized carbons (Fsp3) is 0.387. The molecule has 216 valence electrons. The summed E-state index contributed by atoms with van der Waals surface area (Å²) in [5.41, 5.74) is 3.45. The number of carbonyl (C=O) groups excluding carboxylic acids is 2. The molecule has 4 aromatic rings. The Morgan fingerprint density at radius 3 is 2.54 bits per heavy atom. The van der Waals surface area contributed by atoms with Crippen LogP contribution in [-0.4, -0.2) is 58.6 Å². The molecule has 0 saturated carbocycles. The number of anilines is 1. The van der Waals surface area contributed by atoms with E-state index in [0.29, 0.717) is 47.4 Å². The summed E-state index contributed by atoms with van der Waals surface area (Å²) in [5.74, 6) is -0.192. The summed E-state index contributed by atoms with van der Waals surface area (Å²) in [6, 6.07) is 11.6. The van der Waals surface area contributed by atoms with E-state index < -0.39 is 0 Å². The maximum atomic E-state index is 13.5. The van der Waals surface area contributed by atoms with Crippen LogP contribution in [0, 0.1) is 17.7 Å². The summed E-state index contributed by atoms with van der Waals surface area (Å²) in [6.07, 6.45) is 4.22. The second-order valence-electron chi connectivity index (χ2n) is 11.0. The molecule has 1 aliphatic heterocycles. The third-order valence-electron chi connectivity index (χ3n) is 7.57. The number of piperidine rings is 1. The lowest BCUT2D eigenvalue weighted by Gasteiger charge is -2.33. The number of carbonyl (C=O) groups is 2. The predicted molar refractivity (Wildman–Crippen MR) is 160 cm³/mol. The zero-order valence-corrected chi connectivity index (χ0v) is 24.2. The molecule has 1 aromatic carbocycles. The number of aliphatic hydroxyl groups is 1. The van der Waals surface area contributed by atoms with Gasteiger partial charge in [-0.3, -0.25) is 14.0 Å². The number of nitrogens with one attached hydrogen (secondary N) is 2. The Balaban J connectivity index is 1.32. The van der Waals surface area contributed by atoms with E-state index in [1.165, 1.54) is 23.5 Å². The molecule has 0 radical (unpaired) electrons. The maximum absolute atomic E-state index is 13.5. The van der Waals surface area contributed by atoms with Gasteiger partial charge in [0, 0.05) is 42.5 Å². The Hall–Kier alpha value is -3.76. The normalized spacial score (nSPS) is 14.9. The molecule has 41 heavy (non-hydrogen) atoms. The first kappa shape index (κ1) is 28.8. The van der Waals surface area contributed by atoms with E-state index in [2.05, 4.69) is 15.5 Å². The molecule has 1 fully saturated rings. The number of thiophene rings is 1. The highest BCUT2D eigenvalue weighted by Gasteiger charge is 2.26. The van der Waals surface area contributed by atoms with Crippen molar-refractivity contribution >= 4 is 34.5 Å². The molecule has 4 heterocycles. The second-order valence-corrected chi connectivity index (χ2v) is 11.8. The van der Waals surface area contributed by atoms with Gasteiger partial charge in [0.2, 0.25) is 0 Å². The van der Waals surface area contributed by atoms with Gasteiger partial charge in [-0.2, -0.15) is 11.3 Å². The molecule has 2 amide bonds. The predicted octanol–water partition coefficient (Wildman–Crippen LogP) is 4.99. The van der Waals surface area contributed by atoms with Crippen molar-refractivity contribution in [2.45, 2.75) is 39.2 Å². The standard InChI is InChI=1S/C31H36FN5O3S/c1-20(2)16-24(18-38)34-31(40)28-27(22-11-15-41-19-22)35-29-26(4-3-12-37(28)29)30(39)33-17-21-9-13-36(14-10-21)25-7-5-23(32)6-8-25/h3-8,11-12,15,19-21,24,38H,9-10,13-14,16-18H2,1-2H3,(H,33,39)(H,34,40)/t24-/m0/s1. The Labute approximate surface area is 243 Å². The highest BCUT2D eigenvalue weighted by Crippen LogP contribution is 2.28. The number of amides is 2. The summed E-state index contributed by atoms with van der Waals surface area (Å²) < 4.78 is 14.9. The zero-order chi connectivity index (χ0) is 28.9. The fourth-order valence-corrected chi connectivity index (χ4v) is 6.08. The maximum Gasteiger partial charge on any atom is 0.270 e. The molecule has 1 aliphatic rings. The topological polar surface area (TPSA) is 99.0 Å². The van der Waals surface area contributed by atoms with E-state index in [-0.39, 0.29) is 30.3 Å². The molecular weight excluding hydrogens is 541 g/mol. The first-order chi connectivity index (χ1) is 19.8. The van der Waals surface area contributed by atoms with Crippen LogP contribution in [0.25, 0.3) is 16.9 Å². The minimum Gasteiger partial charge on any atom is -0.394 e. The van der Waals surface area contributed by atoms with Crippen LogP contribution in [0.1, 0.15) is 54.0 Å². The van der Waals surface area contributed by atoms with Crippen molar-refractivity contribution in [2.24, 2.45) is 11.8 Å². The molecule has 1 saturated heterocycles. The monoisotopic (exact) mass is 577 g/mol. The number of aliphatic hydroxyl groups excluding tert-OH is 1. The van der Waals surface area contributed by atoms with E-state index in [0.717, 1.165) is 37.2 Å². The molecule has 0 unspecified atom stereocenters. The van der Waals surface area contributed by atoms with Crippen LogP contribution in [0.2, 0.25) is 0 Å². The van der Waals surface area contributed by atoms with Crippen molar-refractivity contribution in [2.75, 3.05) is 31.1 Å². The number of hydrogen-bond donors (Lipinski definition) is 3. The molecule has 1 atom stereocenters. The Morgan fingerprint density at radius 2 is 1.88 bits per heavy atom. The molecular formula is C31H36FN5O3S. The van der Waals surface area contributed by atoms with Gasteiger partial charge in [-0.25, -0.2) is 9.37 Å². The highest BCUT2D eigenvalue weighted by atomic mass is 32.1. The van der Waals surface area contributed by atoms with Crippen LogP contribution in [0.4, 0.5) is 10.1 Å². The number of rotatable bonds is 10. The third kappa shape index (κ3) is 6.60. The molecule has 0 spiro atoms. The molecule has 0 aliphatic carbocycles. The van der Waals surface area contributed by atoms with Crippen molar-refractivity contribution in [1.82, 2.24) is 20.0 Å². The number of aromatic nitrogens is 2. The van der Waals surface area contributed by atoms with Gasteiger partial charge in [0.1, 0.15) is 17.2 Å². The first-order valence-corrected chi connectivity index (χ1v) is 15.0. The zero-order valence-electron chi connectivity index (χ0n) is 23.3. The van der Waals surface area contributed by atoms with Gasteiger partial charge in [-0.1, -0.05) is 13.8 Å². The highest BCUT2D eigenvalue weighted by molar-refractivity contribution is 7.08. The van der Waals surface area contributed by atoms with Crippen LogP contribution in [0.5, 0.6) is 0 Å². The quantitative estimate of drug-likeness (QED) is 0.247. The van der Waals surface area contributed by atoms with Gasteiger partial charge in [-0.15, -0.1) is 0 Å². The lowest BCUT2D eigenvalue weighted by Crippen LogP contribution is -2.39. The Morgan fingerprint density at radius 1 is 1.12 bits per heavy atom. The van der Waals surface area contributed by atoms with Gasteiger partial charge in [-0.05, 0) is 78.9 Å². The number of pyridine rings is 1. The van der Waals surface area contributed by atoms with E-state index in [1.54, 1.807) is 34.9 Å². The van der Waals surface area contributed by atoms with Crippen molar-refractivity contribution in [1.29, 1.82) is 0 Å². The van der Waals surface area contributed by atoms with Gasteiger partial charge < -0.3 is 20.6 Å². The first-order valence-electron chi connectivity index (χ1n) is 14.1. The SMILES string of the molecule is CC(C)C[C@@H](CO)NC(=O)c1c(-c2ccsc2)nc2c(C(=O)NCC3CCN(c4ccc(F)cc4)CC3)cccn12. The molecule has 5 rings (SSSR count). The van der Waals surface area contributed by atoms with Crippen LogP contribution >= 0.6 is 11.3 Å². The largest absolute Gasteiger partial charge is 0.394 e. The summed E-state index contributed by atoms with van der Waals surface area (Å²) in [5, 5.41) is 19.7. The number of hydrogen-bond acceptors (Lipinski definition) is 6. The average Bonchev–Trinajstić information content (AvgIpc) is 3.64. The van der Waals surface area contributed by atoms with Crippen LogP contribution < -0.4 is 15.5 Å². The third-order valence-corrected chi connectivity index (χ3v) is 8.26. The molecule has 8 nitrogen and oxygen atoms in total. The summed E-state index contributed by atoms with van der Waals surface area (Å²) in [4.78, 5) is 34.0. The van der Waals surface area contributed by atoms with Crippen molar-refractivity contribution in [3.8, 4) is 11.3 Å². The molecule has 10 heteroatoms. The Bertz CT molecular complexity index is 1480. The second kappa shape index (κ2) is 12.8. The van der Waals surface area contributed by atoms with E-state index in [4.69, 9.17) is 4.98 Å². The van der Waals surface area contributed by atoms with E-state index in [9.17, 15) is 19.1 Å². The number of nitrogens with zero attached hydrogens (tertiary/aromatic N) is 3. The van der Waals surface area contributed by atoms with Crippen molar-refractivity contribution in [3.05, 3.63) is 76.5 Å². The van der Waals surface area contributed by atoms with Gasteiger partial charge >= 0.3 is 0 Å². The van der Waals surface area contributed by atoms with Crippen molar-refractivity contribution in [3.63, 3.8) is 0 Å². The average molecular weight is 578 g/mol. The summed E-state index contributed by atoms with van der Waals surface area (Å²) in [7, 11) is 0. The van der Waals surface area contributed by atoms with E-state index in [1.807, 2.05) is 30.7 Å². The molecule has 0 bridgehead atoms. The van der Waals surface area contributed by atoms with E-state index >= 15 is 0 Å². The van der Waals surface area contributed by atoms with Gasteiger partial charge in [0.15, 0.2) is 5.65 Å². The van der Waals surface area contributed by atoms with Crippen LogP contribution in [0.3, 0.4) is 0 Å². The number of halogens is 1. The lowest BCUT2D eigenvalue weighted by molar-refractivity contribution is 0.0901. The van der Waals surface area contributed by atoms with Gasteiger partial charge in [0.25, 0.3) is 11.8 Å². The fourth-order valence-electron chi connectivity index (χ4n) is 5.44. The number of imidazole rings is 1. The number of benzene rings is 1. The smallest absolute Gasteiger partial charge is 0.270 e. The molecule has 3 aromatic heterocycles. The van der Waals surface area contributed by atoms with Crippen LogP contribution in [-0.2, 0) is 0 Å². The van der Waals surface area contributed by atoms with Gasteiger partial charge in [0.05, 0.1) is 18.2 Å². The van der Waals surface area contributed by atoms with Crippen molar-refractivity contribution < 1.29 is 19.1 Å². The van der Waals surface area contributed by atoms with Crippen LogP contribution in [0.15, 0.2) is 59.4 Å². The minimum absolute atomic E-state index is 0.162. The lowest BCUT2D eigenvalue weighted by atomic mass is 9.96. The number of fused-ring (bicyclic) bond motifs is 1. The summed E-state index contributed by atoms with van der Waals surface area (Å²) in [6.45, 7) is 6.15.